The smallest absolute Gasteiger partial charge is 0.135 e. The lowest BCUT2D eigenvalue weighted by Gasteiger charge is -2.26. The lowest BCUT2D eigenvalue weighted by Crippen LogP contribution is -2.09. The van der Waals surface area contributed by atoms with E-state index in [4.69, 9.17) is 4.42 Å². The van der Waals surface area contributed by atoms with Crippen LogP contribution in [0.1, 0.15) is 0 Å². The maximum atomic E-state index is 6.22. The summed E-state index contributed by atoms with van der Waals surface area (Å²) in [5.74, 6) is 0. The van der Waals surface area contributed by atoms with Crippen molar-refractivity contribution >= 4 is 131 Å². The third kappa shape index (κ3) is 8.52. The summed E-state index contributed by atoms with van der Waals surface area (Å²) in [5, 5.41) is 9.72. The molecule has 0 saturated heterocycles. The zero-order valence-electron chi connectivity index (χ0n) is 48.8. The minimum absolute atomic E-state index is 0.884. The maximum Gasteiger partial charge on any atom is 0.135 e. The highest BCUT2D eigenvalue weighted by Gasteiger charge is 2.21. The Hall–Kier alpha value is -11.7. The zero-order valence-corrected chi connectivity index (χ0v) is 49.6. The molecule has 0 spiro atoms. The number of hydrogen-bond acceptors (Lipinski definition) is 4. The first-order valence-electron chi connectivity index (χ1n) is 30.6. The van der Waals surface area contributed by atoms with Gasteiger partial charge >= 0.3 is 0 Å². The Morgan fingerprint density at radius 2 is 0.633 bits per heavy atom. The molecule has 0 aliphatic carbocycles. The predicted octanol–water partition coefficient (Wildman–Crippen LogP) is 24.1. The third-order valence-electron chi connectivity index (χ3n) is 18.1. The van der Waals surface area contributed by atoms with Crippen LogP contribution >= 0.6 is 11.3 Å². The van der Waals surface area contributed by atoms with Crippen LogP contribution in [-0.2, 0) is 0 Å². The van der Waals surface area contributed by atoms with Crippen LogP contribution in [0.3, 0.4) is 0 Å². The molecule has 0 aliphatic heterocycles. The number of aromatic nitrogens is 2. The molecule has 4 aromatic heterocycles. The molecule has 0 atom stereocenters. The fraction of sp³-hybridized carbons (Fsp3) is 0. The van der Waals surface area contributed by atoms with Gasteiger partial charge < -0.3 is 23.4 Å². The van der Waals surface area contributed by atoms with E-state index in [9.17, 15) is 0 Å². The van der Waals surface area contributed by atoms with Crippen LogP contribution in [0.5, 0.6) is 0 Å². The molecule has 0 radical (unpaired) electrons. The van der Waals surface area contributed by atoms with Crippen LogP contribution in [0.15, 0.2) is 332 Å². The molecule has 14 aromatic carbocycles. The Morgan fingerprint density at radius 3 is 1.21 bits per heavy atom. The van der Waals surface area contributed by atoms with Gasteiger partial charge in [0, 0.05) is 98.0 Å². The minimum Gasteiger partial charge on any atom is -0.456 e. The van der Waals surface area contributed by atoms with Gasteiger partial charge in [0.1, 0.15) is 11.2 Å². The van der Waals surface area contributed by atoms with E-state index in [1.165, 1.54) is 86.0 Å². The minimum atomic E-state index is 0.884. The van der Waals surface area contributed by atoms with E-state index in [1.54, 1.807) is 0 Å². The molecule has 0 unspecified atom stereocenters. The Bertz CT molecular complexity index is 5710. The van der Waals surface area contributed by atoms with Gasteiger partial charge in [-0.15, -0.1) is 11.3 Å². The van der Waals surface area contributed by atoms with Crippen molar-refractivity contribution in [3.8, 4) is 44.8 Å². The number of anilines is 6. The van der Waals surface area contributed by atoms with Gasteiger partial charge in [0.15, 0.2) is 0 Å². The van der Waals surface area contributed by atoms with Crippen molar-refractivity contribution < 1.29 is 4.42 Å². The lowest BCUT2D eigenvalue weighted by atomic mass is 9.98. The van der Waals surface area contributed by atoms with Crippen molar-refractivity contribution in [2.24, 2.45) is 0 Å². The number of rotatable bonds is 11. The summed E-state index contributed by atoms with van der Waals surface area (Å²) in [5.41, 5.74) is 22.4. The molecule has 4 heterocycles. The Morgan fingerprint density at radius 1 is 0.244 bits per heavy atom. The van der Waals surface area contributed by atoms with Crippen LogP contribution in [-0.4, -0.2) is 9.13 Å². The number of thiophene rings is 1. The van der Waals surface area contributed by atoms with E-state index >= 15 is 0 Å². The maximum absolute atomic E-state index is 6.22. The van der Waals surface area contributed by atoms with Crippen LogP contribution in [0.4, 0.5) is 34.1 Å². The van der Waals surface area contributed by atoms with Gasteiger partial charge in [0.25, 0.3) is 0 Å². The number of nitrogens with zero attached hydrogens (tertiary/aromatic N) is 4. The molecule has 0 aliphatic rings. The van der Waals surface area contributed by atoms with Crippen molar-refractivity contribution in [1.82, 2.24) is 9.13 Å². The molecule has 0 N–H and O–H groups in total. The largest absolute Gasteiger partial charge is 0.456 e. The number of para-hydroxylation sites is 6. The first kappa shape index (κ1) is 51.5. The summed E-state index contributed by atoms with van der Waals surface area (Å²) < 4.78 is 13.6. The predicted molar refractivity (Wildman–Crippen MR) is 381 cm³/mol. The Labute approximate surface area is 523 Å². The number of benzene rings is 14. The molecule has 6 heteroatoms. The van der Waals surface area contributed by atoms with Gasteiger partial charge in [-0.25, -0.2) is 0 Å². The van der Waals surface area contributed by atoms with Crippen LogP contribution in [0, 0.1) is 0 Å². The highest BCUT2D eigenvalue weighted by molar-refractivity contribution is 7.25. The van der Waals surface area contributed by atoms with E-state index in [0.717, 1.165) is 78.6 Å². The molecule has 0 fully saturated rings. The molecule has 0 bridgehead atoms. The first-order valence-corrected chi connectivity index (χ1v) is 31.4. The van der Waals surface area contributed by atoms with Crippen LogP contribution in [0.2, 0.25) is 0 Å². The van der Waals surface area contributed by atoms with E-state index in [-0.39, 0.29) is 0 Å². The molecule has 18 aromatic rings. The van der Waals surface area contributed by atoms with Gasteiger partial charge in [0.05, 0.1) is 22.1 Å². The number of furan rings is 1. The van der Waals surface area contributed by atoms with Gasteiger partial charge in [-0.1, -0.05) is 176 Å². The molecule has 0 saturated carbocycles. The van der Waals surface area contributed by atoms with Crippen molar-refractivity contribution in [2.45, 2.75) is 0 Å². The lowest BCUT2D eigenvalue weighted by molar-refractivity contribution is 0.669. The summed E-state index contributed by atoms with van der Waals surface area (Å²) in [7, 11) is 0. The SMILES string of the molecule is c1ccc(N(c2ccc(-c3ccc(-n4c5ccccc5c5c(-c6ccc7sc8ccc(N(c9ccccc9)c9ccc(-c%10ccc(-n%11c%12ccccc%12c%12ccccc%12%11)cc%10)cc9)cc8c7c6)cccc54)cc3)cc2)c2ccc3oc4ccccc4c3c2)cc1. The number of fused-ring (bicyclic) bond motifs is 12. The number of hydrogen-bond donors (Lipinski definition) is 0. The third-order valence-corrected chi connectivity index (χ3v) is 19.3. The van der Waals surface area contributed by atoms with Gasteiger partial charge in [-0.3, -0.25) is 0 Å². The van der Waals surface area contributed by atoms with E-state index in [0.29, 0.717) is 0 Å². The van der Waals surface area contributed by atoms with Crippen molar-refractivity contribution in [1.29, 1.82) is 0 Å². The van der Waals surface area contributed by atoms with E-state index < -0.39 is 0 Å². The molecular weight excluding hydrogens is 1110 g/mol. The van der Waals surface area contributed by atoms with Crippen molar-refractivity contribution in [3.63, 3.8) is 0 Å². The average Bonchev–Trinajstić information content (AvgIpc) is 1.73. The highest BCUT2D eigenvalue weighted by Crippen LogP contribution is 2.46. The molecule has 5 nitrogen and oxygen atoms in total. The van der Waals surface area contributed by atoms with E-state index in [1.807, 2.05) is 23.5 Å². The molecule has 18 rings (SSSR count). The fourth-order valence-corrected chi connectivity index (χ4v) is 15.0. The molecule has 90 heavy (non-hydrogen) atoms. The summed E-state index contributed by atoms with van der Waals surface area (Å²) in [6.45, 7) is 0. The Kier molecular flexibility index (Phi) is 12.0. The topological polar surface area (TPSA) is 29.5 Å². The summed E-state index contributed by atoms with van der Waals surface area (Å²) in [6.07, 6.45) is 0. The van der Waals surface area contributed by atoms with Crippen LogP contribution < -0.4 is 9.80 Å². The summed E-state index contributed by atoms with van der Waals surface area (Å²) in [4.78, 5) is 4.70. The first-order chi connectivity index (χ1) is 44.6. The van der Waals surface area contributed by atoms with Crippen LogP contribution in [0.25, 0.3) is 130 Å². The van der Waals surface area contributed by atoms with E-state index in [2.05, 4.69) is 334 Å². The molecule has 0 amide bonds. The van der Waals surface area contributed by atoms with Gasteiger partial charge in [-0.05, 0) is 185 Å². The summed E-state index contributed by atoms with van der Waals surface area (Å²) in [6, 6.07) is 119. The second-order valence-corrected chi connectivity index (χ2v) is 24.3. The van der Waals surface area contributed by atoms with Gasteiger partial charge in [0.2, 0.25) is 0 Å². The summed E-state index contributed by atoms with van der Waals surface area (Å²) >= 11 is 1.86. The highest BCUT2D eigenvalue weighted by atomic mass is 32.1. The Balaban J connectivity index is 0.659. The standard InChI is InChI=1S/C84H54N4OS/c1-3-16-60(17-4-1)85(66-47-49-81-73(53-66)71-22-10-14-29-80(71)89-81)62-39-30-56(31-40-62)58-36-45-65(46-37-58)88-78-27-13-9-23-72(78)84-68(24-15-28-79(84)88)59-38-50-82-74(52-59)75-54-67(48-51-83(75)90-82)86(61-18-5-2-6-19-61)63-41-32-55(33-42-63)57-34-43-64(44-35-57)87-76-25-11-7-20-69(76)70-21-8-12-26-77(70)87/h1-54H. The second kappa shape index (κ2) is 21.0. The molecule has 422 valence electrons. The zero-order chi connectivity index (χ0) is 59.2. The fourth-order valence-electron chi connectivity index (χ4n) is 13.9. The monoisotopic (exact) mass is 1170 g/mol. The second-order valence-electron chi connectivity index (χ2n) is 23.2. The normalized spacial score (nSPS) is 11.8. The van der Waals surface area contributed by atoms with Gasteiger partial charge in [-0.2, -0.15) is 0 Å². The van der Waals surface area contributed by atoms with Crippen molar-refractivity contribution in [2.75, 3.05) is 9.80 Å². The van der Waals surface area contributed by atoms with Crippen molar-refractivity contribution in [3.05, 3.63) is 328 Å². The quantitative estimate of drug-likeness (QED) is 0.129. The average molecular weight is 1170 g/mol. The molecular formula is C84H54N4OS.